The number of hydrogen-bond acceptors (Lipinski definition) is 3. The molecular weight excluding hydrogens is 252 g/mol. The maximum atomic E-state index is 12.3. The van der Waals surface area contributed by atoms with Gasteiger partial charge in [-0.1, -0.05) is 11.6 Å². The predicted molar refractivity (Wildman–Crippen MR) is 66.2 cm³/mol. The molecule has 0 bridgehead atoms. The van der Waals surface area contributed by atoms with E-state index >= 15 is 0 Å². The van der Waals surface area contributed by atoms with E-state index in [-0.39, 0.29) is 5.91 Å². The van der Waals surface area contributed by atoms with E-state index in [0.29, 0.717) is 23.7 Å². The van der Waals surface area contributed by atoms with Gasteiger partial charge in [-0.25, -0.2) is 4.98 Å². The molecule has 3 rings (SSSR count). The summed E-state index contributed by atoms with van der Waals surface area (Å²) < 4.78 is 2.05. The summed E-state index contributed by atoms with van der Waals surface area (Å²) >= 11 is 5.99. The number of amides is 1. The second kappa shape index (κ2) is 4.42. The van der Waals surface area contributed by atoms with E-state index in [1.54, 1.807) is 23.4 Å². The van der Waals surface area contributed by atoms with Crippen molar-refractivity contribution >= 4 is 17.5 Å². The molecule has 1 aliphatic heterocycles. The molecule has 0 spiro atoms. The molecule has 18 heavy (non-hydrogen) atoms. The van der Waals surface area contributed by atoms with E-state index in [1.807, 2.05) is 6.20 Å². The predicted octanol–water partition coefficient (Wildman–Crippen LogP) is 1.59. The van der Waals surface area contributed by atoms with E-state index in [4.69, 9.17) is 11.6 Å². The van der Waals surface area contributed by atoms with Crippen molar-refractivity contribution in [3.05, 3.63) is 47.3 Å². The normalized spacial score (nSPS) is 14.4. The van der Waals surface area contributed by atoms with Crippen molar-refractivity contribution in [1.29, 1.82) is 0 Å². The molecule has 2 aromatic rings. The molecule has 6 heteroatoms. The number of nitrogens with zero attached hydrogens (tertiary/aromatic N) is 4. The molecule has 0 fully saturated rings. The molecule has 5 nitrogen and oxygen atoms in total. The van der Waals surface area contributed by atoms with Crippen LogP contribution in [0.25, 0.3) is 0 Å². The number of hydrogen-bond donors (Lipinski definition) is 0. The Labute approximate surface area is 109 Å². The molecular formula is C12H11ClN4O. The highest BCUT2D eigenvalue weighted by atomic mass is 35.5. The van der Waals surface area contributed by atoms with Crippen LogP contribution in [0.1, 0.15) is 16.2 Å². The fourth-order valence-corrected chi connectivity index (χ4v) is 2.27. The SMILES string of the molecule is O=C(c1ccncc1Cl)N1CCn2ccnc2C1. The second-order valence-corrected chi connectivity index (χ2v) is 4.53. The van der Waals surface area contributed by atoms with Gasteiger partial charge < -0.3 is 9.47 Å². The lowest BCUT2D eigenvalue weighted by Gasteiger charge is -2.27. The standard InChI is InChI=1S/C12H11ClN4O/c13-10-7-14-2-1-9(10)12(18)17-6-5-16-4-3-15-11(16)8-17/h1-4,7H,5-6,8H2. The average Bonchev–Trinajstić information content (AvgIpc) is 2.85. The molecule has 0 radical (unpaired) electrons. The van der Waals surface area contributed by atoms with E-state index in [1.165, 1.54) is 6.20 Å². The van der Waals surface area contributed by atoms with Gasteiger partial charge in [0.05, 0.1) is 17.1 Å². The number of rotatable bonds is 1. The number of pyridine rings is 1. The molecule has 2 aromatic heterocycles. The lowest BCUT2D eigenvalue weighted by atomic mass is 10.2. The lowest BCUT2D eigenvalue weighted by molar-refractivity contribution is 0.0707. The maximum absolute atomic E-state index is 12.3. The summed E-state index contributed by atoms with van der Waals surface area (Å²) in [5, 5.41) is 0.386. The Morgan fingerprint density at radius 2 is 2.22 bits per heavy atom. The Morgan fingerprint density at radius 1 is 1.33 bits per heavy atom. The topological polar surface area (TPSA) is 51.0 Å². The highest BCUT2D eigenvalue weighted by Crippen LogP contribution is 2.19. The van der Waals surface area contributed by atoms with E-state index in [2.05, 4.69) is 14.5 Å². The fraction of sp³-hybridized carbons (Fsp3) is 0.250. The number of imidazole rings is 1. The smallest absolute Gasteiger partial charge is 0.255 e. The molecule has 92 valence electrons. The van der Waals surface area contributed by atoms with Crippen LogP contribution < -0.4 is 0 Å². The third kappa shape index (κ3) is 1.86. The third-order valence-electron chi connectivity index (χ3n) is 3.03. The zero-order valence-electron chi connectivity index (χ0n) is 9.58. The van der Waals surface area contributed by atoms with Gasteiger partial charge >= 0.3 is 0 Å². The largest absolute Gasteiger partial charge is 0.332 e. The van der Waals surface area contributed by atoms with Crippen LogP contribution in [0.5, 0.6) is 0 Å². The van der Waals surface area contributed by atoms with Gasteiger partial charge in [-0.15, -0.1) is 0 Å². The van der Waals surface area contributed by atoms with Crippen molar-refractivity contribution in [1.82, 2.24) is 19.4 Å². The lowest BCUT2D eigenvalue weighted by Crippen LogP contribution is -2.38. The molecule has 0 N–H and O–H groups in total. The van der Waals surface area contributed by atoms with Crippen LogP contribution in [0.3, 0.4) is 0 Å². The summed E-state index contributed by atoms with van der Waals surface area (Å²) in [7, 11) is 0. The van der Waals surface area contributed by atoms with Crippen LogP contribution in [-0.4, -0.2) is 31.9 Å². The van der Waals surface area contributed by atoms with E-state index < -0.39 is 0 Å². The van der Waals surface area contributed by atoms with Crippen LogP contribution in [0.4, 0.5) is 0 Å². The minimum Gasteiger partial charge on any atom is -0.332 e. The van der Waals surface area contributed by atoms with Crippen LogP contribution in [0.2, 0.25) is 5.02 Å². The van der Waals surface area contributed by atoms with Gasteiger partial charge in [0.15, 0.2) is 0 Å². The fourth-order valence-electron chi connectivity index (χ4n) is 2.07. The monoisotopic (exact) mass is 262 g/mol. The number of fused-ring (bicyclic) bond motifs is 1. The first-order valence-corrected chi connectivity index (χ1v) is 6.02. The Hall–Kier alpha value is -1.88. The Morgan fingerprint density at radius 3 is 3.06 bits per heavy atom. The summed E-state index contributed by atoms with van der Waals surface area (Å²) in [6, 6.07) is 1.64. The Balaban J connectivity index is 1.85. The average molecular weight is 263 g/mol. The molecule has 0 unspecified atom stereocenters. The molecule has 0 aliphatic carbocycles. The highest BCUT2D eigenvalue weighted by Gasteiger charge is 2.23. The molecule has 0 saturated heterocycles. The first kappa shape index (κ1) is 11.2. The van der Waals surface area contributed by atoms with Gasteiger partial charge in [-0.3, -0.25) is 9.78 Å². The van der Waals surface area contributed by atoms with Gasteiger partial charge in [0.25, 0.3) is 5.91 Å². The quantitative estimate of drug-likeness (QED) is 0.784. The maximum Gasteiger partial charge on any atom is 0.255 e. The van der Waals surface area contributed by atoms with Crippen molar-refractivity contribution in [3.63, 3.8) is 0 Å². The number of carbonyl (C=O) groups is 1. The summed E-state index contributed by atoms with van der Waals surface area (Å²) in [5.74, 6) is 0.830. The summed E-state index contributed by atoms with van der Waals surface area (Å²) in [4.78, 5) is 22.2. The van der Waals surface area contributed by atoms with Crippen molar-refractivity contribution in [2.24, 2.45) is 0 Å². The summed E-state index contributed by atoms with van der Waals surface area (Å²) in [5.41, 5.74) is 0.492. The Bertz CT molecular complexity index is 595. The van der Waals surface area contributed by atoms with Crippen molar-refractivity contribution < 1.29 is 4.79 Å². The third-order valence-corrected chi connectivity index (χ3v) is 3.34. The zero-order chi connectivity index (χ0) is 12.5. The number of halogens is 1. The molecule has 3 heterocycles. The van der Waals surface area contributed by atoms with Crippen LogP contribution >= 0.6 is 11.6 Å². The molecule has 1 aliphatic rings. The van der Waals surface area contributed by atoms with Gasteiger partial charge in [0.1, 0.15) is 5.82 Å². The molecule has 0 atom stereocenters. The number of aromatic nitrogens is 3. The summed E-state index contributed by atoms with van der Waals surface area (Å²) in [6.07, 6.45) is 6.74. The molecule has 0 saturated carbocycles. The minimum absolute atomic E-state index is 0.0725. The van der Waals surface area contributed by atoms with Crippen LogP contribution in [0, 0.1) is 0 Å². The van der Waals surface area contributed by atoms with Crippen molar-refractivity contribution in [2.45, 2.75) is 13.1 Å². The highest BCUT2D eigenvalue weighted by molar-refractivity contribution is 6.33. The zero-order valence-corrected chi connectivity index (χ0v) is 10.3. The van der Waals surface area contributed by atoms with Crippen LogP contribution in [0.15, 0.2) is 30.9 Å². The van der Waals surface area contributed by atoms with Crippen molar-refractivity contribution in [2.75, 3.05) is 6.54 Å². The second-order valence-electron chi connectivity index (χ2n) is 4.12. The number of carbonyl (C=O) groups excluding carboxylic acids is 1. The van der Waals surface area contributed by atoms with Gasteiger partial charge in [0.2, 0.25) is 0 Å². The van der Waals surface area contributed by atoms with Gasteiger partial charge in [-0.05, 0) is 6.07 Å². The van der Waals surface area contributed by atoms with Crippen molar-refractivity contribution in [3.8, 4) is 0 Å². The first-order valence-electron chi connectivity index (χ1n) is 5.64. The van der Waals surface area contributed by atoms with Crippen LogP contribution in [-0.2, 0) is 13.1 Å². The van der Waals surface area contributed by atoms with Gasteiger partial charge in [-0.2, -0.15) is 0 Å². The van der Waals surface area contributed by atoms with E-state index in [0.717, 1.165) is 12.4 Å². The van der Waals surface area contributed by atoms with Gasteiger partial charge in [0, 0.05) is 37.9 Å². The minimum atomic E-state index is -0.0725. The summed E-state index contributed by atoms with van der Waals surface area (Å²) in [6.45, 7) is 1.95. The van der Waals surface area contributed by atoms with E-state index in [9.17, 15) is 4.79 Å². The molecule has 0 aromatic carbocycles. The Kier molecular flexibility index (Phi) is 2.76. The molecule has 1 amide bonds. The first-order chi connectivity index (χ1) is 8.75.